The molecule has 2 rings (SSSR count). The maximum absolute atomic E-state index is 12.3. The molecule has 0 saturated carbocycles. The Labute approximate surface area is 183 Å². The van der Waals surface area contributed by atoms with Gasteiger partial charge in [-0.2, -0.15) is 0 Å². The Balaban J connectivity index is 1.99. The van der Waals surface area contributed by atoms with Crippen LogP contribution < -0.4 is 4.74 Å². The maximum Gasteiger partial charge on any atom is 0.409 e. The van der Waals surface area contributed by atoms with Gasteiger partial charge in [-0.05, 0) is 48.2 Å². The van der Waals surface area contributed by atoms with Crippen LogP contribution in [-0.2, 0) is 4.74 Å². The fourth-order valence-electron chi connectivity index (χ4n) is 2.80. The van der Waals surface area contributed by atoms with Crippen molar-refractivity contribution < 1.29 is 24.2 Å². The van der Waals surface area contributed by atoms with Gasteiger partial charge in [-0.3, -0.25) is 0 Å². The first-order chi connectivity index (χ1) is 14.1. The number of thiophene rings is 1. The molecule has 6 nitrogen and oxygen atoms in total. The van der Waals surface area contributed by atoms with Gasteiger partial charge in [0.05, 0.1) is 12.2 Å². The number of carbonyl (C=O) groups excluding carboxylic acids is 1. The predicted molar refractivity (Wildman–Crippen MR) is 123 cm³/mol. The van der Waals surface area contributed by atoms with E-state index in [1.807, 2.05) is 17.5 Å². The van der Waals surface area contributed by atoms with E-state index >= 15 is 0 Å². The number of rotatable bonds is 10. The number of hydrogen-bond acceptors (Lipinski definition) is 5. The van der Waals surface area contributed by atoms with Gasteiger partial charge in [0.1, 0.15) is 11.9 Å². The highest BCUT2D eigenvalue weighted by molar-refractivity contribution is 7.10. The van der Waals surface area contributed by atoms with Crippen LogP contribution in [0.2, 0.25) is 25.7 Å². The highest BCUT2D eigenvalue weighted by atomic mass is 32.1. The van der Waals surface area contributed by atoms with Crippen LogP contribution in [0.1, 0.15) is 33.3 Å². The number of carboxylic acid groups (broad SMARTS) is 1. The summed E-state index contributed by atoms with van der Waals surface area (Å²) in [4.78, 5) is 26.1. The lowest BCUT2D eigenvalue weighted by atomic mass is 10.1. The smallest absolute Gasteiger partial charge is 0.409 e. The van der Waals surface area contributed by atoms with E-state index in [1.165, 1.54) is 0 Å². The largest absolute Gasteiger partial charge is 0.485 e. The van der Waals surface area contributed by atoms with Crippen LogP contribution in [0.5, 0.6) is 5.75 Å². The molecule has 0 aliphatic heterocycles. The highest BCUT2D eigenvalue weighted by Gasteiger charge is 2.20. The van der Waals surface area contributed by atoms with Crippen molar-refractivity contribution in [2.24, 2.45) is 0 Å². The van der Waals surface area contributed by atoms with E-state index in [0.717, 1.165) is 10.9 Å². The lowest BCUT2D eigenvalue weighted by Crippen LogP contribution is -2.31. The second-order valence-corrected chi connectivity index (χ2v) is 15.1. The molecule has 0 aliphatic carbocycles. The molecular formula is C22H31NO5SSi. The van der Waals surface area contributed by atoms with E-state index in [4.69, 9.17) is 9.47 Å². The molecule has 0 spiro atoms. The van der Waals surface area contributed by atoms with Gasteiger partial charge in [0.2, 0.25) is 0 Å². The van der Waals surface area contributed by atoms with Gasteiger partial charge in [-0.1, -0.05) is 25.7 Å². The topological polar surface area (TPSA) is 76.1 Å². The number of benzene rings is 1. The lowest BCUT2D eigenvalue weighted by Gasteiger charge is -2.23. The molecule has 1 aromatic carbocycles. The Hall–Kier alpha value is -2.32. The number of aryl methyl sites for hydroxylation is 1. The molecule has 0 fully saturated rings. The zero-order valence-electron chi connectivity index (χ0n) is 18.3. The van der Waals surface area contributed by atoms with Crippen LogP contribution in [0.4, 0.5) is 4.79 Å². The monoisotopic (exact) mass is 449 g/mol. The van der Waals surface area contributed by atoms with E-state index in [0.29, 0.717) is 30.9 Å². The van der Waals surface area contributed by atoms with E-state index in [-0.39, 0.29) is 17.8 Å². The number of ether oxygens (including phenoxy) is 2. The molecule has 164 valence electrons. The number of nitrogens with zero attached hydrogens (tertiary/aromatic N) is 1. The zero-order chi connectivity index (χ0) is 22.3. The summed E-state index contributed by atoms with van der Waals surface area (Å²) in [5.74, 6) is -0.348. The Bertz CT molecular complexity index is 848. The van der Waals surface area contributed by atoms with Crippen LogP contribution in [-0.4, -0.2) is 50.3 Å². The van der Waals surface area contributed by atoms with Crippen molar-refractivity contribution in [1.29, 1.82) is 0 Å². The molecule has 1 N–H and O–H groups in total. The van der Waals surface area contributed by atoms with Crippen molar-refractivity contribution in [2.45, 2.75) is 45.1 Å². The SMILES string of the molecule is Cc1cc(OC(CCN(C)C(=O)OCC[Si](C)(C)C)c2cccs2)ccc1C(=O)O. The van der Waals surface area contributed by atoms with Gasteiger partial charge in [-0.15, -0.1) is 11.3 Å². The quantitative estimate of drug-likeness (QED) is 0.473. The van der Waals surface area contributed by atoms with E-state index in [9.17, 15) is 14.7 Å². The molecule has 1 amide bonds. The second kappa shape index (κ2) is 10.6. The van der Waals surface area contributed by atoms with Gasteiger partial charge < -0.3 is 19.5 Å². The lowest BCUT2D eigenvalue weighted by molar-refractivity contribution is 0.0696. The number of carboxylic acids is 1. The average Bonchev–Trinajstić information content (AvgIpc) is 3.18. The van der Waals surface area contributed by atoms with Crippen molar-refractivity contribution >= 4 is 31.5 Å². The van der Waals surface area contributed by atoms with Gasteiger partial charge in [0.25, 0.3) is 0 Å². The molecule has 1 atom stereocenters. The predicted octanol–water partition coefficient (Wildman–Crippen LogP) is 5.67. The molecule has 30 heavy (non-hydrogen) atoms. The number of aromatic carboxylic acids is 1. The van der Waals surface area contributed by atoms with Crippen LogP contribution in [0.25, 0.3) is 0 Å². The van der Waals surface area contributed by atoms with Crippen molar-refractivity contribution in [2.75, 3.05) is 20.2 Å². The van der Waals surface area contributed by atoms with Crippen molar-refractivity contribution in [3.8, 4) is 5.75 Å². The molecule has 1 aromatic heterocycles. The van der Waals surface area contributed by atoms with E-state index in [1.54, 1.807) is 48.4 Å². The number of carbonyl (C=O) groups is 2. The Morgan fingerprint density at radius 2 is 1.97 bits per heavy atom. The number of amides is 1. The second-order valence-electron chi connectivity index (χ2n) is 8.54. The van der Waals surface area contributed by atoms with Gasteiger partial charge in [-0.25, -0.2) is 9.59 Å². The molecule has 1 heterocycles. The highest BCUT2D eigenvalue weighted by Crippen LogP contribution is 2.29. The molecule has 2 aromatic rings. The summed E-state index contributed by atoms with van der Waals surface area (Å²) in [7, 11) is 0.488. The summed E-state index contributed by atoms with van der Waals surface area (Å²) < 4.78 is 11.6. The third-order valence-corrected chi connectivity index (χ3v) is 7.35. The maximum atomic E-state index is 12.3. The fourth-order valence-corrected chi connectivity index (χ4v) is 4.31. The molecule has 0 radical (unpaired) electrons. The minimum absolute atomic E-state index is 0.239. The van der Waals surface area contributed by atoms with E-state index in [2.05, 4.69) is 19.6 Å². The first-order valence-electron chi connectivity index (χ1n) is 9.99. The molecule has 0 aliphatic rings. The van der Waals surface area contributed by atoms with Gasteiger partial charge in [0.15, 0.2) is 0 Å². The Morgan fingerprint density at radius 3 is 2.53 bits per heavy atom. The minimum Gasteiger partial charge on any atom is -0.485 e. The Kier molecular flexibility index (Phi) is 8.49. The average molecular weight is 450 g/mol. The summed E-state index contributed by atoms with van der Waals surface area (Å²) in [5.41, 5.74) is 0.906. The first-order valence-corrected chi connectivity index (χ1v) is 14.6. The minimum atomic E-state index is -1.24. The molecule has 8 heteroatoms. The standard InChI is InChI=1S/C22H31NO5SSi/c1-16-15-17(8-9-18(16)21(24)25)28-19(20-7-6-13-29-20)10-11-23(2)22(26)27-12-14-30(3,4)5/h6-9,13,15,19H,10-12,14H2,1-5H3,(H,24,25). The van der Waals surface area contributed by atoms with Crippen molar-refractivity contribution in [1.82, 2.24) is 4.90 Å². The fraction of sp³-hybridized carbons (Fsp3) is 0.455. The van der Waals surface area contributed by atoms with Crippen molar-refractivity contribution in [3.63, 3.8) is 0 Å². The third-order valence-electron chi connectivity index (χ3n) is 4.68. The Morgan fingerprint density at radius 1 is 1.23 bits per heavy atom. The third kappa shape index (κ3) is 7.49. The summed E-state index contributed by atoms with van der Waals surface area (Å²) >= 11 is 1.59. The zero-order valence-corrected chi connectivity index (χ0v) is 20.1. The normalized spacial score (nSPS) is 12.3. The molecule has 1 unspecified atom stereocenters. The van der Waals surface area contributed by atoms with Gasteiger partial charge >= 0.3 is 12.1 Å². The van der Waals surface area contributed by atoms with Crippen LogP contribution in [0, 0.1) is 6.92 Å². The summed E-state index contributed by atoms with van der Waals surface area (Å²) in [5, 5.41) is 11.2. The van der Waals surface area contributed by atoms with Crippen LogP contribution in [0.3, 0.4) is 0 Å². The summed E-state index contributed by atoms with van der Waals surface area (Å²) in [6, 6.07) is 9.87. The summed E-state index contributed by atoms with van der Waals surface area (Å²) in [6.07, 6.45) is 0.0389. The number of hydrogen-bond donors (Lipinski definition) is 1. The van der Waals surface area contributed by atoms with Crippen LogP contribution >= 0.6 is 11.3 Å². The van der Waals surface area contributed by atoms with Gasteiger partial charge in [0, 0.05) is 33.0 Å². The first kappa shape index (κ1) is 24.0. The van der Waals surface area contributed by atoms with Crippen LogP contribution in [0.15, 0.2) is 35.7 Å². The molecule has 0 saturated heterocycles. The van der Waals surface area contributed by atoms with E-state index < -0.39 is 14.0 Å². The molecular weight excluding hydrogens is 418 g/mol. The molecule has 0 bridgehead atoms. The summed E-state index contributed by atoms with van der Waals surface area (Å²) in [6.45, 7) is 9.44. The van der Waals surface area contributed by atoms with Crippen molar-refractivity contribution in [3.05, 3.63) is 51.7 Å².